The largest absolute Gasteiger partial charge is 0.375 e. The average Bonchev–Trinajstić information content (AvgIpc) is 2.64. The number of rotatable bonds is 6. The maximum atomic E-state index is 6.12. The van der Waals surface area contributed by atoms with Crippen LogP contribution in [0.2, 0.25) is 0 Å². The molecule has 0 aliphatic carbocycles. The molecule has 134 valence electrons. The number of piperidine rings is 1. The Hall–Kier alpha value is -0.900. The Bertz CT molecular complexity index is 478. The van der Waals surface area contributed by atoms with Crippen LogP contribution in [0.4, 0.5) is 0 Å². The smallest absolute Gasteiger partial charge is 0.0692 e. The first-order valence-electron chi connectivity index (χ1n) is 9.89. The minimum atomic E-state index is 0.129. The van der Waals surface area contributed by atoms with Gasteiger partial charge < -0.3 is 10.1 Å². The number of ether oxygens (including phenoxy) is 1. The van der Waals surface area contributed by atoms with Gasteiger partial charge in [0.15, 0.2) is 0 Å². The summed E-state index contributed by atoms with van der Waals surface area (Å²) in [5, 5.41) is 3.96. The molecule has 3 heteroatoms. The molecule has 0 saturated carbocycles. The van der Waals surface area contributed by atoms with E-state index in [0.29, 0.717) is 12.1 Å². The Morgan fingerprint density at radius 1 is 1.04 bits per heavy atom. The quantitative estimate of drug-likeness (QED) is 0.854. The lowest BCUT2D eigenvalue weighted by Gasteiger charge is -2.42. The van der Waals surface area contributed by atoms with Crippen molar-refractivity contribution in [3.63, 3.8) is 0 Å². The molecule has 24 heavy (non-hydrogen) atoms. The van der Waals surface area contributed by atoms with Crippen molar-refractivity contribution in [2.24, 2.45) is 0 Å². The fourth-order valence-electron chi connectivity index (χ4n) is 4.35. The first kappa shape index (κ1) is 17.9. The van der Waals surface area contributed by atoms with E-state index < -0.39 is 0 Å². The summed E-state index contributed by atoms with van der Waals surface area (Å²) in [6, 6.07) is 12.2. The predicted molar refractivity (Wildman–Crippen MR) is 100 cm³/mol. The highest BCUT2D eigenvalue weighted by Gasteiger charge is 2.35. The molecule has 2 aliphatic heterocycles. The number of hydrogen-bond acceptors (Lipinski definition) is 3. The molecule has 0 aromatic heterocycles. The lowest BCUT2D eigenvalue weighted by atomic mass is 9.85. The van der Waals surface area contributed by atoms with Crippen LogP contribution < -0.4 is 5.32 Å². The van der Waals surface area contributed by atoms with Crippen molar-refractivity contribution in [2.45, 2.75) is 76.6 Å². The molecule has 1 N–H and O–H groups in total. The first-order chi connectivity index (χ1) is 11.7. The van der Waals surface area contributed by atoms with Crippen LogP contribution in [-0.2, 0) is 11.3 Å². The zero-order valence-electron chi connectivity index (χ0n) is 15.5. The Morgan fingerprint density at radius 2 is 1.75 bits per heavy atom. The van der Waals surface area contributed by atoms with E-state index in [2.05, 4.69) is 54.4 Å². The van der Waals surface area contributed by atoms with Gasteiger partial charge in [-0.3, -0.25) is 4.90 Å². The second-order valence-corrected chi connectivity index (χ2v) is 7.63. The van der Waals surface area contributed by atoms with E-state index in [0.717, 1.165) is 26.0 Å². The monoisotopic (exact) mass is 330 g/mol. The van der Waals surface area contributed by atoms with Crippen molar-refractivity contribution in [1.29, 1.82) is 0 Å². The van der Waals surface area contributed by atoms with Gasteiger partial charge >= 0.3 is 0 Å². The molecule has 2 aliphatic rings. The summed E-state index contributed by atoms with van der Waals surface area (Å²) in [5.74, 6) is 0. The third-order valence-electron chi connectivity index (χ3n) is 6.09. The second kappa shape index (κ2) is 8.46. The summed E-state index contributed by atoms with van der Waals surface area (Å²) in [6.07, 6.45) is 7.18. The van der Waals surface area contributed by atoms with E-state index >= 15 is 0 Å². The molecule has 0 bridgehead atoms. The van der Waals surface area contributed by atoms with E-state index in [9.17, 15) is 0 Å². The van der Waals surface area contributed by atoms with Crippen molar-refractivity contribution in [2.75, 3.05) is 19.7 Å². The number of nitrogens with zero attached hydrogens (tertiary/aromatic N) is 1. The van der Waals surface area contributed by atoms with Gasteiger partial charge in [-0.25, -0.2) is 0 Å². The Labute approximate surface area is 147 Å². The fraction of sp³-hybridized carbons (Fsp3) is 0.714. The summed E-state index contributed by atoms with van der Waals surface area (Å²) < 4.78 is 6.12. The average molecular weight is 331 g/mol. The molecule has 1 aromatic rings. The highest BCUT2D eigenvalue weighted by molar-refractivity contribution is 5.14. The van der Waals surface area contributed by atoms with Gasteiger partial charge in [-0.2, -0.15) is 0 Å². The number of benzene rings is 1. The van der Waals surface area contributed by atoms with Crippen LogP contribution in [0.3, 0.4) is 0 Å². The summed E-state index contributed by atoms with van der Waals surface area (Å²) in [4.78, 5) is 2.60. The molecule has 0 amide bonds. The summed E-state index contributed by atoms with van der Waals surface area (Å²) >= 11 is 0. The van der Waals surface area contributed by atoms with Crippen LogP contribution in [0.25, 0.3) is 0 Å². The number of likely N-dealkylation sites (tertiary alicyclic amines) is 1. The van der Waals surface area contributed by atoms with Gasteiger partial charge in [0, 0.05) is 25.2 Å². The third kappa shape index (κ3) is 4.59. The molecule has 1 unspecified atom stereocenters. The minimum Gasteiger partial charge on any atom is -0.375 e. The molecule has 1 atom stereocenters. The van der Waals surface area contributed by atoms with Crippen LogP contribution in [-0.4, -0.2) is 42.3 Å². The number of hydrogen-bond donors (Lipinski definition) is 1. The van der Waals surface area contributed by atoms with Crippen LogP contribution in [0.15, 0.2) is 30.3 Å². The fourth-order valence-corrected chi connectivity index (χ4v) is 4.35. The van der Waals surface area contributed by atoms with E-state index in [1.54, 1.807) is 0 Å². The standard InChI is InChI=1S/C21H34N2O/c1-3-21(4-2)16-20(12-15-24-21)22-19-10-13-23(14-11-19)17-18-8-6-5-7-9-18/h5-9,19-20,22H,3-4,10-17H2,1-2H3. The predicted octanol–water partition coefficient (Wildman–Crippen LogP) is 3.98. The topological polar surface area (TPSA) is 24.5 Å². The van der Waals surface area contributed by atoms with Gasteiger partial charge in [0.1, 0.15) is 0 Å². The van der Waals surface area contributed by atoms with E-state index in [-0.39, 0.29) is 5.60 Å². The number of nitrogens with one attached hydrogen (secondary N) is 1. The van der Waals surface area contributed by atoms with E-state index in [1.807, 2.05) is 0 Å². The Morgan fingerprint density at radius 3 is 2.42 bits per heavy atom. The summed E-state index contributed by atoms with van der Waals surface area (Å²) in [6.45, 7) is 8.98. The van der Waals surface area contributed by atoms with Gasteiger partial charge in [0.2, 0.25) is 0 Å². The van der Waals surface area contributed by atoms with Gasteiger partial charge in [0.05, 0.1) is 5.60 Å². The minimum absolute atomic E-state index is 0.129. The molecule has 2 fully saturated rings. The Kier molecular flexibility index (Phi) is 6.31. The van der Waals surface area contributed by atoms with Crippen molar-refractivity contribution in [3.8, 4) is 0 Å². The van der Waals surface area contributed by atoms with Crippen molar-refractivity contribution >= 4 is 0 Å². The van der Waals surface area contributed by atoms with Gasteiger partial charge in [-0.15, -0.1) is 0 Å². The highest BCUT2D eigenvalue weighted by atomic mass is 16.5. The van der Waals surface area contributed by atoms with Crippen LogP contribution in [0.5, 0.6) is 0 Å². The van der Waals surface area contributed by atoms with Gasteiger partial charge in [-0.1, -0.05) is 44.2 Å². The summed E-state index contributed by atoms with van der Waals surface area (Å²) in [5.41, 5.74) is 1.56. The molecule has 0 radical (unpaired) electrons. The van der Waals surface area contributed by atoms with Crippen molar-refractivity contribution in [1.82, 2.24) is 10.2 Å². The SMILES string of the molecule is CCC1(CC)CC(NC2CCN(Cc3ccccc3)CC2)CCO1. The van der Waals surface area contributed by atoms with Gasteiger partial charge in [0.25, 0.3) is 0 Å². The maximum Gasteiger partial charge on any atom is 0.0692 e. The van der Waals surface area contributed by atoms with Crippen LogP contribution in [0, 0.1) is 0 Å². The third-order valence-corrected chi connectivity index (χ3v) is 6.09. The van der Waals surface area contributed by atoms with Crippen LogP contribution in [0.1, 0.15) is 57.9 Å². The van der Waals surface area contributed by atoms with E-state index in [1.165, 1.54) is 44.3 Å². The van der Waals surface area contributed by atoms with Gasteiger partial charge in [-0.05, 0) is 57.2 Å². The molecule has 0 spiro atoms. The lowest BCUT2D eigenvalue weighted by molar-refractivity contribution is -0.0946. The maximum absolute atomic E-state index is 6.12. The first-order valence-corrected chi connectivity index (χ1v) is 9.89. The lowest BCUT2D eigenvalue weighted by Crippen LogP contribution is -2.51. The van der Waals surface area contributed by atoms with E-state index in [4.69, 9.17) is 4.74 Å². The molecule has 2 saturated heterocycles. The molecular weight excluding hydrogens is 296 g/mol. The second-order valence-electron chi connectivity index (χ2n) is 7.63. The molecule has 1 aromatic carbocycles. The molecular formula is C21H34N2O. The Balaban J connectivity index is 1.44. The van der Waals surface area contributed by atoms with Crippen molar-refractivity contribution < 1.29 is 4.74 Å². The highest BCUT2D eigenvalue weighted by Crippen LogP contribution is 2.32. The van der Waals surface area contributed by atoms with Crippen LogP contribution >= 0.6 is 0 Å². The van der Waals surface area contributed by atoms with Crippen molar-refractivity contribution in [3.05, 3.63) is 35.9 Å². The molecule has 3 nitrogen and oxygen atoms in total. The normalized spacial score (nSPS) is 25.7. The zero-order valence-corrected chi connectivity index (χ0v) is 15.5. The summed E-state index contributed by atoms with van der Waals surface area (Å²) in [7, 11) is 0. The molecule has 2 heterocycles. The zero-order chi connectivity index (χ0) is 16.8. The molecule has 3 rings (SSSR count).